The predicted molar refractivity (Wildman–Crippen MR) is 43.3 cm³/mol. The van der Waals surface area contributed by atoms with Crippen molar-refractivity contribution >= 4 is 0 Å². The van der Waals surface area contributed by atoms with Crippen molar-refractivity contribution in [3.63, 3.8) is 0 Å². The van der Waals surface area contributed by atoms with Crippen LogP contribution in [-0.4, -0.2) is 43.0 Å². The summed E-state index contributed by atoms with van der Waals surface area (Å²) in [5.74, 6) is 0. The molecule has 0 aliphatic carbocycles. The molecular weight excluding hydrogens is 142 g/mol. The lowest BCUT2D eigenvalue weighted by Crippen LogP contribution is -2.32. The van der Waals surface area contributed by atoms with Crippen molar-refractivity contribution in [2.75, 3.05) is 33.0 Å². The number of aliphatic hydroxyl groups is 1. The second-order valence-corrected chi connectivity index (χ2v) is 2.94. The van der Waals surface area contributed by atoms with Gasteiger partial charge >= 0.3 is 0 Å². The number of rotatable bonds is 4. The molecule has 1 aliphatic rings. The Morgan fingerprint density at radius 2 is 1.91 bits per heavy atom. The monoisotopic (exact) mass is 159 g/mol. The fraction of sp³-hybridized carbons (Fsp3) is 1.00. The van der Waals surface area contributed by atoms with Gasteiger partial charge in [-0.15, -0.1) is 0 Å². The van der Waals surface area contributed by atoms with Crippen LogP contribution in [0.2, 0.25) is 0 Å². The van der Waals surface area contributed by atoms with Crippen molar-refractivity contribution in [2.24, 2.45) is 0 Å². The van der Waals surface area contributed by atoms with E-state index in [-0.39, 0.29) is 6.61 Å². The topological polar surface area (TPSA) is 32.7 Å². The first-order valence-corrected chi connectivity index (χ1v) is 4.34. The Hall–Kier alpha value is -0.120. The van der Waals surface area contributed by atoms with Gasteiger partial charge in [0.2, 0.25) is 0 Å². The molecule has 0 saturated carbocycles. The van der Waals surface area contributed by atoms with E-state index < -0.39 is 0 Å². The third-order valence-corrected chi connectivity index (χ3v) is 1.96. The number of hydrogen-bond acceptors (Lipinski definition) is 3. The van der Waals surface area contributed by atoms with E-state index in [2.05, 4.69) is 4.90 Å². The Morgan fingerprint density at radius 1 is 1.18 bits per heavy atom. The van der Waals surface area contributed by atoms with Gasteiger partial charge in [0, 0.05) is 13.1 Å². The third kappa shape index (κ3) is 3.70. The number of nitrogens with zero attached hydrogens (tertiary/aromatic N) is 1. The van der Waals surface area contributed by atoms with Crippen LogP contribution in [0.25, 0.3) is 0 Å². The predicted octanol–water partition coefficient (Wildman–Crippen LogP) is 0.439. The summed E-state index contributed by atoms with van der Waals surface area (Å²) >= 11 is 0. The zero-order chi connectivity index (χ0) is 7.94. The maximum atomic E-state index is 8.45. The minimum absolute atomic E-state index is 0.133. The van der Waals surface area contributed by atoms with Crippen LogP contribution in [0.1, 0.15) is 19.3 Å². The second-order valence-electron chi connectivity index (χ2n) is 2.94. The molecule has 0 unspecified atom stereocenters. The van der Waals surface area contributed by atoms with E-state index in [0.29, 0.717) is 13.3 Å². The van der Waals surface area contributed by atoms with Crippen LogP contribution in [0, 0.1) is 0 Å². The fourth-order valence-corrected chi connectivity index (χ4v) is 1.35. The van der Waals surface area contributed by atoms with Crippen LogP contribution >= 0.6 is 0 Å². The molecule has 0 aromatic heterocycles. The highest BCUT2D eigenvalue weighted by Gasteiger charge is 2.08. The van der Waals surface area contributed by atoms with Gasteiger partial charge in [-0.2, -0.15) is 0 Å². The third-order valence-electron chi connectivity index (χ3n) is 1.96. The summed E-state index contributed by atoms with van der Waals surface area (Å²) in [5.41, 5.74) is 0. The lowest BCUT2D eigenvalue weighted by Gasteiger charge is -2.25. The molecule has 0 radical (unpaired) electrons. The van der Waals surface area contributed by atoms with E-state index in [1.807, 2.05) is 0 Å². The molecule has 1 rings (SSSR count). The largest absolute Gasteiger partial charge is 0.394 e. The van der Waals surface area contributed by atoms with Crippen molar-refractivity contribution in [3.05, 3.63) is 0 Å². The Balaban J connectivity index is 1.96. The van der Waals surface area contributed by atoms with E-state index in [4.69, 9.17) is 9.84 Å². The molecule has 0 atom stereocenters. The SMILES string of the molecule is OCCOCN1CCCCC1. The number of aliphatic hydroxyl groups excluding tert-OH is 1. The first-order chi connectivity index (χ1) is 5.43. The van der Waals surface area contributed by atoms with Crippen LogP contribution in [-0.2, 0) is 4.74 Å². The van der Waals surface area contributed by atoms with Crippen LogP contribution in [0.4, 0.5) is 0 Å². The Kier molecular flexibility index (Phi) is 4.50. The first kappa shape index (κ1) is 8.97. The molecule has 1 aliphatic heterocycles. The Labute approximate surface area is 68.0 Å². The van der Waals surface area contributed by atoms with Gasteiger partial charge in [-0.3, -0.25) is 4.90 Å². The average molecular weight is 159 g/mol. The molecule has 0 amide bonds. The molecule has 3 nitrogen and oxygen atoms in total. The summed E-state index contributed by atoms with van der Waals surface area (Å²) in [4.78, 5) is 2.29. The molecule has 1 heterocycles. The van der Waals surface area contributed by atoms with Crippen molar-refractivity contribution < 1.29 is 9.84 Å². The number of hydrogen-bond donors (Lipinski definition) is 1. The summed E-state index contributed by atoms with van der Waals surface area (Å²) < 4.78 is 5.20. The molecule has 0 spiro atoms. The quantitative estimate of drug-likeness (QED) is 0.604. The first-order valence-electron chi connectivity index (χ1n) is 4.34. The van der Waals surface area contributed by atoms with Gasteiger partial charge in [0.15, 0.2) is 0 Å². The van der Waals surface area contributed by atoms with Crippen LogP contribution in [0.5, 0.6) is 0 Å². The van der Waals surface area contributed by atoms with Gasteiger partial charge in [0.05, 0.1) is 19.9 Å². The summed E-state index contributed by atoms with van der Waals surface area (Å²) in [6.07, 6.45) is 3.95. The maximum absolute atomic E-state index is 8.45. The van der Waals surface area contributed by atoms with Gasteiger partial charge < -0.3 is 9.84 Å². The van der Waals surface area contributed by atoms with Crippen molar-refractivity contribution in [1.29, 1.82) is 0 Å². The molecule has 0 bridgehead atoms. The standard InChI is InChI=1S/C8H17NO2/c10-6-7-11-8-9-4-2-1-3-5-9/h10H,1-8H2. The summed E-state index contributed by atoms with van der Waals surface area (Å²) in [5, 5.41) is 8.45. The Morgan fingerprint density at radius 3 is 2.55 bits per heavy atom. The molecule has 1 fully saturated rings. The van der Waals surface area contributed by atoms with E-state index in [0.717, 1.165) is 13.1 Å². The van der Waals surface area contributed by atoms with E-state index in [1.54, 1.807) is 0 Å². The lowest BCUT2D eigenvalue weighted by molar-refractivity contribution is 0.00377. The molecule has 1 N–H and O–H groups in total. The molecule has 1 saturated heterocycles. The number of piperidine rings is 1. The maximum Gasteiger partial charge on any atom is 0.0991 e. The van der Waals surface area contributed by atoms with Crippen molar-refractivity contribution in [1.82, 2.24) is 4.90 Å². The highest BCUT2D eigenvalue weighted by atomic mass is 16.5. The van der Waals surface area contributed by atoms with E-state index in [9.17, 15) is 0 Å². The van der Waals surface area contributed by atoms with Gasteiger partial charge in [0.25, 0.3) is 0 Å². The molecule has 0 aromatic rings. The molecular formula is C8H17NO2. The van der Waals surface area contributed by atoms with Crippen LogP contribution in [0.15, 0.2) is 0 Å². The summed E-state index contributed by atoms with van der Waals surface area (Å²) in [6, 6.07) is 0. The highest BCUT2D eigenvalue weighted by molar-refractivity contribution is 4.60. The average Bonchev–Trinajstić information content (AvgIpc) is 2.07. The Bertz CT molecular complexity index is 92.1. The van der Waals surface area contributed by atoms with E-state index >= 15 is 0 Å². The van der Waals surface area contributed by atoms with Gasteiger partial charge in [-0.25, -0.2) is 0 Å². The highest BCUT2D eigenvalue weighted by Crippen LogP contribution is 2.07. The molecule has 3 heteroatoms. The molecule has 0 aromatic carbocycles. The van der Waals surface area contributed by atoms with Gasteiger partial charge in [-0.05, 0) is 12.8 Å². The number of ether oxygens (including phenoxy) is 1. The zero-order valence-corrected chi connectivity index (χ0v) is 6.96. The normalized spacial score (nSPS) is 20.5. The lowest BCUT2D eigenvalue weighted by atomic mass is 10.1. The number of likely N-dealkylation sites (tertiary alicyclic amines) is 1. The van der Waals surface area contributed by atoms with Crippen LogP contribution < -0.4 is 0 Å². The van der Waals surface area contributed by atoms with Crippen molar-refractivity contribution in [3.8, 4) is 0 Å². The van der Waals surface area contributed by atoms with Crippen LogP contribution in [0.3, 0.4) is 0 Å². The van der Waals surface area contributed by atoms with Crippen molar-refractivity contribution in [2.45, 2.75) is 19.3 Å². The second kappa shape index (κ2) is 5.52. The zero-order valence-electron chi connectivity index (χ0n) is 6.96. The summed E-state index contributed by atoms with van der Waals surface area (Å²) in [7, 11) is 0. The molecule has 66 valence electrons. The fourth-order valence-electron chi connectivity index (χ4n) is 1.35. The summed E-state index contributed by atoms with van der Waals surface area (Å²) in [6.45, 7) is 3.61. The van der Waals surface area contributed by atoms with Gasteiger partial charge in [0.1, 0.15) is 0 Å². The van der Waals surface area contributed by atoms with Gasteiger partial charge in [-0.1, -0.05) is 6.42 Å². The van der Waals surface area contributed by atoms with E-state index in [1.165, 1.54) is 19.3 Å². The molecule has 11 heavy (non-hydrogen) atoms. The minimum atomic E-state index is 0.133. The minimum Gasteiger partial charge on any atom is -0.394 e. The smallest absolute Gasteiger partial charge is 0.0991 e.